The van der Waals surface area contributed by atoms with Crippen molar-refractivity contribution in [3.8, 4) is 0 Å². The number of rotatable bonds is 5. The zero-order valence-corrected chi connectivity index (χ0v) is 15.5. The maximum atomic E-state index is 14.0. The fourth-order valence-electron chi connectivity index (χ4n) is 3.95. The Labute approximate surface area is 153 Å². The molecule has 2 heterocycles. The predicted octanol–water partition coefficient (Wildman–Crippen LogP) is 3.39. The van der Waals surface area contributed by atoms with Crippen LogP contribution in [0.2, 0.25) is 0 Å². The molecular weight excluding hydrogens is 353 g/mol. The van der Waals surface area contributed by atoms with Crippen LogP contribution in [0.15, 0.2) is 41.6 Å². The van der Waals surface area contributed by atoms with E-state index in [1.54, 1.807) is 12.3 Å². The van der Waals surface area contributed by atoms with E-state index in [1.807, 2.05) is 6.20 Å². The van der Waals surface area contributed by atoms with Crippen molar-refractivity contribution in [1.29, 1.82) is 0 Å². The van der Waals surface area contributed by atoms with E-state index < -0.39 is 15.8 Å². The van der Waals surface area contributed by atoms with Gasteiger partial charge in [0.2, 0.25) is 10.0 Å². The SMILES string of the molecule is O=S(=O)(c1ccccc1F)N1CCC[C@@H](c2nccn2CC2CCC2)C1. The van der Waals surface area contributed by atoms with Crippen LogP contribution in [0.1, 0.15) is 43.8 Å². The normalized spacial score (nSPS) is 22.3. The molecule has 1 aromatic heterocycles. The monoisotopic (exact) mass is 377 g/mol. The third kappa shape index (κ3) is 3.30. The zero-order valence-electron chi connectivity index (χ0n) is 14.7. The van der Waals surface area contributed by atoms with Gasteiger partial charge in [-0.3, -0.25) is 0 Å². The Morgan fingerprint density at radius 1 is 1.15 bits per heavy atom. The molecule has 1 aromatic carbocycles. The molecule has 1 saturated carbocycles. The van der Waals surface area contributed by atoms with Gasteiger partial charge in [0.15, 0.2) is 0 Å². The highest BCUT2D eigenvalue weighted by Crippen LogP contribution is 2.32. The van der Waals surface area contributed by atoms with Crippen LogP contribution in [0.4, 0.5) is 4.39 Å². The minimum atomic E-state index is -3.82. The first-order valence-corrected chi connectivity index (χ1v) is 10.8. The molecule has 0 amide bonds. The van der Waals surface area contributed by atoms with Gasteiger partial charge in [0.05, 0.1) is 0 Å². The van der Waals surface area contributed by atoms with Gasteiger partial charge < -0.3 is 4.57 Å². The summed E-state index contributed by atoms with van der Waals surface area (Å²) < 4.78 is 43.4. The number of nitrogens with zero attached hydrogens (tertiary/aromatic N) is 3. The van der Waals surface area contributed by atoms with Gasteiger partial charge in [0.25, 0.3) is 0 Å². The van der Waals surface area contributed by atoms with E-state index in [9.17, 15) is 12.8 Å². The summed E-state index contributed by atoms with van der Waals surface area (Å²) in [5.41, 5.74) is 0. The van der Waals surface area contributed by atoms with Crippen LogP contribution >= 0.6 is 0 Å². The summed E-state index contributed by atoms with van der Waals surface area (Å²) in [6.45, 7) is 1.75. The molecule has 1 atom stereocenters. The highest BCUT2D eigenvalue weighted by Gasteiger charge is 2.34. The quantitative estimate of drug-likeness (QED) is 0.803. The lowest BCUT2D eigenvalue weighted by Gasteiger charge is -2.33. The third-order valence-electron chi connectivity index (χ3n) is 5.63. The molecule has 140 valence electrons. The Bertz CT molecular complexity index is 876. The van der Waals surface area contributed by atoms with Crippen molar-refractivity contribution in [2.75, 3.05) is 13.1 Å². The lowest BCUT2D eigenvalue weighted by molar-refractivity contribution is 0.261. The molecule has 5 nitrogen and oxygen atoms in total. The third-order valence-corrected chi connectivity index (χ3v) is 7.53. The van der Waals surface area contributed by atoms with Crippen LogP contribution in [0.3, 0.4) is 0 Å². The number of imidazole rings is 1. The van der Waals surface area contributed by atoms with Crippen molar-refractivity contribution in [3.63, 3.8) is 0 Å². The molecular formula is C19H24FN3O2S. The Hall–Kier alpha value is -1.73. The summed E-state index contributed by atoms with van der Waals surface area (Å²) in [6.07, 6.45) is 9.29. The lowest BCUT2D eigenvalue weighted by atomic mass is 9.85. The molecule has 0 radical (unpaired) electrons. The number of hydrogen-bond acceptors (Lipinski definition) is 3. The van der Waals surface area contributed by atoms with E-state index in [4.69, 9.17) is 0 Å². The van der Waals surface area contributed by atoms with E-state index in [2.05, 4.69) is 9.55 Å². The first-order valence-electron chi connectivity index (χ1n) is 9.31. The second-order valence-corrected chi connectivity index (χ2v) is 9.27. The second-order valence-electron chi connectivity index (χ2n) is 7.37. The van der Waals surface area contributed by atoms with Crippen molar-refractivity contribution in [2.24, 2.45) is 5.92 Å². The maximum Gasteiger partial charge on any atom is 0.246 e. The van der Waals surface area contributed by atoms with Crippen molar-refractivity contribution in [3.05, 3.63) is 48.3 Å². The summed E-state index contributed by atoms with van der Waals surface area (Å²) in [5, 5.41) is 0. The molecule has 0 spiro atoms. The molecule has 26 heavy (non-hydrogen) atoms. The van der Waals surface area contributed by atoms with Gasteiger partial charge in [0.1, 0.15) is 16.5 Å². The highest BCUT2D eigenvalue weighted by molar-refractivity contribution is 7.89. The molecule has 1 aliphatic carbocycles. The van der Waals surface area contributed by atoms with Crippen LogP contribution in [0.5, 0.6) is 0 Å². The average Bonchev–Trinajstić information content (AvgIpc) is 3.07. The van der Waals surface area contributed by atoms with Crippen molar-refractivity contribution in [1.82, 2.24) is 13.9 Å². The molecule has 7 heteroatoms. The topological polar surface area (TPSA) is 55.2 Å². The van der Waals surface area contributed by atoms with Gasteiger partial charge >= 0.3 is 0 Å². The van der Waals surface area contributed by atoms with Gasteiger partial charge in [-0.25, -0.2) is 17.8 Å². The number of sulfonamides is 1. The number of benzene rings is 1. The van der Waals surface area contributed by atoms with Gasteiger partial charge in [0, 0.05) is 37.9 Å². The predicted molar refractivity (Wildman–Crippen MR) is 96.7 cm³/mol. The van der Waals surface area contributed by atoms with Crippen LogP contribution < -0.4 is 0 Å². The van der Waals surface area contributed by atoms with E-state index in [0.29, 0.717) is 19.0 Å². The Morgan fingerprint density at radius 3 is 2.69 bits per heavy atom. The van der Waals surface area contributed by atoms with Gasteiger partial charge in [-0.2, -0.15) is 4.31 Å². The minimum Gasteiger partial charge on any atom is -0.334 e. The first-order chi connectivity index (χ1) is 12.6. The smallest absolute Gasteiger partial charge is 0.246 e. The van der Waals surface area contributed by atoms with Gasteiger partial charge in [-0.05, 0) is 43.7 Å². The van der Waals surface area contributed by atoms with E-state index in [-0.39, 0.29) is 10.8 Å². The molecule has 1 aliphatic heterocycles. The van der Waals surface area contributed by atoms with Crippen LogP contribution in [-0.2, 0) is 16.6 Å². The number of halogens is 1. The summed E-state index contributed by atoms with van der Waals surface area (Å²) in [6, 6.07) is 5.60. The fraction of sp³-hybridized carbons (Fsp3) is 0.526. The van der Waals surface area contributed by atoms with Crippen LogP contribution in [-0.4, -0.2) is 35.4 Å². The van der Waals surface area contributed by atoms with Crippen LogP contribution in [0, 0.1) is 11.7 Å². The molecule has 2 aliphatic rings. The Kier molecular flexibility index (Phi) is 4.84. The molecule has 0 N–H and O–H groups in total. The molecule has 0 unspecified atom stereocenters. The number of aromatic nitrogens is 2. The molecule has 2 fully saturated rings. The van der Waals surface area contributed by atoms with Crippen LogP contribution in [0.25, 0.3) is 0 Å². The highest BCUT2D eigenvalue weighted by atomic mass is 32.2. The first kappa shape index (κ1) is 17.7. The lowest BCUT2D eigenvalue weighted by Crippen LogP contribution is -2.40. The molecule has 0 bridgehead atoms. The van der Waals surface area contributed by atoms with Crippen molar-refractivity contribution >= 4 is 10.0 Å². The summed E-state index contributed by atoms with van der Waals surface area (Å²) in [4.78, 5) is 4.29. The Morgan fingerprint density at radius 2 is 1.96 bits per heavy atom. The average molecular weight is 377 g/mol. The Balaban J connectivity index is 1.55. The standard InChI is InChI=1S/C19H24FN3O2S/c20-17-8-1-2-9-18(17)26(24,25)23-11-4-7-16(14-23)19-21-10-12-22(19)13-15-5-3-6-15/h1-2,8-10,12,15-16H,3-7,11,13-14H2/t16-/m1/s1. The zero-order chi connectivity index (χ0) is 18.1. The van der Waals surface area contributed by atoms with E-state index >= 15 is 0 Å². The number of piperidine rings is 1. The number of hydrogen-bond donors (Lipinski definition) is 0. The minimum absolute atomic E-state index is 0.0559. The van der Waals surface area contributed by atoms with E-state index in [1.165, 1.54) is 41.8 Å². The molecule has 4 rings (SSSR count). The van der Waals surface area contributed by atoms with Crippen molar-refractivity contribution < 1.29 is 12.8 Å². The summed E-state index contributed by atoms with van der Waals surface area (Å²) in [5.74, 6) is 1.04. The van der Waals surface area contributed by atoms with Crippen molar-refractivity contribution in [2.45, 2.75) is 49.5 Å². The second kappa shape index (κ2) is 7.12. The molecule has 2 aromatic rings. The fourth-order valence-corrected chi connectivity index (χ4v) is 5.54. The van der Waals surface area contributed by atoms with Gasteiger partial charge in [-0.15, -0.1) is 0 Å². The summed E-state index contributed by atoms with van der Waals surface area (Å²) in [7, 11) is -3.82. The maximum absolute atomic E-state index is 14.0. The van der Waals surface area contributed by atoms with E-state index in [0.717, 1.165) is 25.2 Å². The molecule has 1 saturated heterocycles. The summed E-state index contributed by atoms with van der Waals surface area (Å²) >= 11 is 0. The largest absolute Gasteiger partial charge is 0.334 e. The van der Waals surface area contributed by atoms with Gasteiger partial charge in [-0.1, -0.05) is 18.6 Å².